The second-order valence-electron chi connectivity index (χ2n) is 3.80. The molecule has 0 spiro atoms. The van der Waals surface area contributed by atoms with E-state index >= 15 is 0 Å². The van der Waals surface area contributed by atoms with Crippen LogP contribution in [0.3, 0.4) is 0 Å². The van der Waals surface area contributed by atoms with Crippen LogP contribution in [0.5, 0.6) is 0 Å². The zero-order valence-corrected chi connectivity index (χ0v) is 8.28. The van der Waals surface area contributed by atoms with Crippen LogP contribution in [0.2, 0.25) is 0 Å². The third-order valence-corrected chi connectivity index (χ3v) is 2.73. The third-order valence-electron chi connectivity index (χ3n) is 2.73. The van der Waals surface area contributed by atoms with Crippen LogP contribution in [-0.2, 0) is 4.74 Å². The molecular formula is C10H20O3. The summed E-state index contributed by atoms with van der Waals surface area (Å²) < 4.78 is 5.07. The number of aliphatic hydroxyl groups is 2. The van der Waals surface area contributed by atoms with E-state index < -0.39 is 0 Å². The Bertz CT molecular complexity index is 130. The summed E-state index contributed by atoms with van der Waals surface area (Å²) in [6, 6.07) is 0. The summed E-state index contributed by atoms with van der Waals surface area (Å²) in [6.07, 6.45) is 3.81. The zero-order chi connectivity index (χ0) is 9.68. The van der Waals surface area contributed by atoms with Crippen LogP contribution in [0.25, 0.3) is 0 Å². The van der Waals surface area contributed by atoms with Gasteiger partial charge in [-0.15, -0.1) is 0 Å². The molecule has 3 nitrogen and oxygen atoms in total. The van der Waals surface area contributed by atoms with E-state index in [9.17, 15) is 5.11 Å². The molecule has 1 fully saturated rings. The van der Waals surface area contributed by atoms with Gasteiger partial charge in [0.05, 0.1) is 18.8 Å². The molecule has 3 unspecified atom stereocenters. The fourth-order valence-corrected chi connectivity index (χ4v) is 1.55. The number of hydrogen-bond donors (Lipinski definition) is 2. The summed E-state index contributed by atoms with van der Waals surface area (Å²) in [5.74, 6) is 0.0557. The van der Waals surface area contributed by atoms with Crippen molar-refractivity contribution in [1.82, 2.24) is 0 Å². The normalized spacial score (nSPS) is 25.6. The highest BCUT2D eigenvalue weighted by Gasteiger charge is 2.23. The highest BCUT2D eigenvalue weighted by molar-refractivity contribution is 4.72. The van der Waals surface area contributed by atoms with Gasteiger partial charge >= 0.3 is 0 Å². The van der Waals surface area contributed by atoms with Crippen molar-refractivity contribution < 1.29 is 14.9 Å². The molecule has 0 radical (unpaired) electrons. The number of epoxide rings is 1. The summed E-state index contributed by atoms with van der Waals surface area (Å²) >= 11 is 0. The smallest absolute Gasteiger partial charge is 0.0810 e. The molecule has 3 heteroatoms. The Hall–Kier alpha value is -0.120. The minimum Gasteiger partial charge on any atom is -0.396 e. The Morgan fingerprint density at radius 2 is 2.23 bits per heavy atom. The SMILES string of the molecule is CCC(CO)C(O)CCCC1CO1. The van der Waals surface area contributed by atoms with Crippen molar-refractivity contribution in [2.24, 2.45) is 5.92 Å². The molecular weight excluding hydrogens is 168 g/mol. The topological polar surface area (TPSA) is 53.0 Å². The molecule has 78 valence electrons. The first-order valence-electron chi connectivity index (χ1n) is 5.18. The average molecular weight is 188 g/mol. The molecule has 0 aromatic carbocycles. The molecule has 0 aliphatic carbocycles. The molecule has 3 atom stereocenters. The molecule has 0 aromatic rings. The van der Waals surface area contributed by atoms with Crippen LogP contribution in [0.1, 0.15) is 32.6 Å². The monoisotopic (exact) mass is 188 g/mol. The van der Waals surface area contributed by atoms with E-state index in [1.54, 1.807) is 0 Å². The first-order valence-corrected chi connectivity index (χ1v) is 5.18. The van der Waals surface area contributed by atoms with E-state index in [0.717, 1.165) is 32.3 Å². The molecule has 0 amide bonds. The van der Waals surface area contributed by atoms with Gasteiger partial charge in [-0.25, -0.2) is 0 Å². The third kappa shape index (κ3) is 4.07. The molecule has 1 aliphatic heterocycles. The van der Waals surface area contributed by atoms with E-state index in [2.05, 4.69) is 0 Å². The Morgan fingerprint density at radius 3 is 2.69 bits per heavy atom. The molecule has 0 bridgehead atoms. The number of aliphatic hydroxyl groups excluding tert-OH is 2. The van der Waals surface area contributed by atoms with Crippen molar-refractivity contribution in [1.29, 1.82) is 0 Å². The number of hydrogen-bond acceptors (Lipinski definition) is 3. The zero-order valence-electron chi connectivity index (χ0n) is 8.28. The summed E-state index contributed by atoms with van der Waals surface area (Å²) in [4.78, 5) is 0. The molecule has 1 saturated heterocycles. The quantitative estimate of drug-likeness (QED) is 0.584. The molecule has 2 N–H and O–H groups in total. The van der Waals surface area contributed by atoms with Gasteiger partial charge in [0.1, 0.15) is 0 Å². The summed E-state index contributed by atoms with van der Waals surface area (Å²) in [7, 11) is 0. The van der Waals surface area contributed by atoms with Crippen LogP contribution in [0.15, 0.2) is 0 Å². The van der Waals surface area contributed by atoms with Gasteiger partial charge in [-0.1, -0.05) is 6.92 Å². The maximum absolute atomic E-state index is 9.64. The van der Waals surface area contributed by atoms with Crippen molar-refractivity contribution >= 4 is 0 Å². The van der Waals surface area contributed by atoms with E-state index in [0.29, 0.717) is 6.10 Å². The summed E-state index contributed by atoms with van der Waals surface area (Å²) in [5.41, 5.74) is 0. The lowest BCUT2D eigenvalue weighted by Crippen LogP contribution is -2.23. The maximum atomic E-state index is 9.64. The summed E-state index contributed by atoms with van der Waals surface area (Å²) in [5, 5.41) is 18.6. The van der Waals surface area contributed by atoms with E-state index in [4.69, 9.17) is 9.84 Å². The van der Waals surface area contributed by atoms with Crippen molar-refractivity contribution in [3.05, 3.63) is 0 Å². The maximum Gasteiger partial charge on any atom is 0.0810 e. The van der Waals surface area contributed by atoms with E-state index in [1.165, 1.54) is 0 Å². The Kier molecular flexibility index (Phi) is 4.70. The Labute approximate surface area is 79.7 Å². The largest absolute Gasteiger partial charge is 0.396 e. The Balaban J connectivity index is 2.03. The van der Waals surface area contributed by atoms with Gasteiger partial charge in [0.25, 0.3) is 0 Å². The first kappa shape index (κ1) is 11.0. The minimum atomic E-state index is -0.339. The standard InChI is InChI=1S/C10H20O3/c1-2-8(6-11)10(12)5-3-4-9-7-13-9/h8-12H,2-7H2,1H3. The predicted octanol–water partition coefficient (Wildman–Crippen LogP) is 0.935. The second kappa shape index (κ2) is 5.58. The van der Waals surface area contributed by atoms with Crippen molar-refractivity contribution in [2.45, 2.75) is 44.8 Å². The highest BCUT2D eigenvalue weighted by atomic mass is 16.6. The van der Waals surface area contributed by atoms with Gasteiger partial charge in [-0.3, -0.25) is 0 Å². The van der Waals surface area contributed by atoms with Crippen LogP contribution < -0.4 is 0 Å². The fraction of sp³-hybridized carbons (Fsp3) is 1.00. The lowest BCUT2D eigenvalue weighted by Gasteiger charge is -2.18. The van der Waals surface area contributed by atoms with Crippen LogP contribution in [0.4, 0.5) is 0 Å². The second-order valence-corrected chi connectivity index (χ2v) is 3.80. The number of rotatable bonds is 7. The van der Waals surface area contributed by atoms with Crippen molar-refractivity contribution in [2.75, 3.05) is 13.2 Å². The van der Waals surface area contributed by atoms with Gasteiger partial charge in [0.15, 0.2) is 0 Å². The van der Waals surface area contributed by atoms with Crippen LogP contribution in [-0.4, -0.2) is 35.6 Å². The van der Waals surface area contributed by atoms with Crippen LogP contribution in [0, 0.1) is 5.92 Å². The molecule has 0 saturated carbocycles. The fourth-order valence-electron chi connectivity index (χ4n) is 1.55. The minimum absolute atomic E-state index is 0.0557. The van der Waals surface area contributed by atoms with E-state index in [-0.39, 0.29) is 18.6 Å². The molecule has 1 rings (SSSR count). The lowest BCUT2D eigenvalue weighted by molar-refractivity contribution is 0.0566. The summed E-state index contributed by atoms with van der Waals surface area (Å²) in [6.45, 7) is 2.99. The number of ether oxygens (including phenoxy) is 1. The van der Waals surface area contributed by atoms with E-state index in [1.807, 2.05) is 6.92 Å². The van der Waals surface area contributed by atoms with Crippen molar-refractivity contribution in [3.8, 4) is 0 Å². The molecule has 1 aliphatic rings. The van der Waals surface area contributed by atoms with Gasteiger partial charge in [0.2, 0.25) is 0 Å². The van der Waals surface area contributed by atoms with Gasteiger partial charge < -0.3 is 14.9 Å². The molecule has 13 heavy (non-hydrogen) atoms. The Morgan fingerprint density at radius 1 is 1.54 bits per heavy atom. The van der Waals surface area contributed by atoms with Gasteiger partial charge in [-0.05, 0) is 25.7 Å². The van der Waals surface area contributed by atoms with Gasteiger partial charge in [-0.2, -0.15) is 0 Å². The molecule has 0 aromatic heterocycles. The van der Waals surface area contributed by atoms with Crippen molar-refractivity contribution in [3.63, 3.8) is 0 Å². The van der Waals surface area contributed by atoms with Crippen LogP contribution >= 0.6 is 0 Å². The first-order chi connectivity index (χ1) is 6.27. The average Bonchev–Trinajstić information content (AvgIpc) is 2.90. The van der Waals surface area contributed by atoms with Gasteiger partial charge in [0, 0.05) is 12.5 Å². The molecule has 1 heterocycles. The predicted molar refractivity (Wildman–Crippen MR) is 50.5 cm³/mol. The lowest BCUT2D eigenvalue weighted by atomic mass is 9.96. The highest BCUT2D eigenvalue weighted by Crippen LogP contribution is 2.19.